The number of aromatic nitrogens is 3. The van der Waals surface area contributed by atoms with Crippen molar-refractivity contribution in [3.05, 3.63) is 33.6 Å². The highest BCUT2D eigenvalue weighted by Crippen LogP contribution is 2.37. The zero-order chi connectivity index (χ0) is 21.1. The lowest BCUT2D eigenvalue weighted by Crippen LogP contribution is -2.40. The minimum Gasteiger partial charge on any atom is -0.461 e. The van der Waals surface area contributed by atoms with E-state index in [4.69, 9.17) is 14.6 Å². The standard InChI is InChI=1S/C21H28N4O4S/c1-3-15-18-16(12-21(13-22-19(18)26)5-9-28-10-6-21)25(23-15)7-4-8-29-20(27)17-11-14(2)24-30-17/h11H,3-10,12-13H2,1-2H3,(H,22,26). The van der Waals surface area contributed by atoms with Gasteiger partial charge in [-0.25, -0.2) is 4.79 Å². The van der Waals surface area contributed by atoms with Crippen LogP contribution < -0.4 is 5.32 Å². The van der Waals surface area contributed by atoms with Crippen molar-refractivity contribution < 1.29 is 19.1 Å². The molecule has 9 heteroatoms. The molecule has 0 saturated carbocycles. The number of amides is 1. The Hall–Kier alpha value is -2.26. The first-order chi connectivity index (χ1) is 14.5. The molecule has 162 valence electrons. The predicted octanol–water partition coefficient (Wildman–Crippen LogP) is 2.54. The van der Waals surface area contributed by atoms with Crippen LogP contribution in [0.25, 0.3) is 0 Å². The van der Waals surface area contributed by atoms with Crippen molar-refractivity contribution in [3.8, 4) is 0 Å². The molecule has 0 aromatic carbocycles. The molecule has 0 radical (unpaired) electrons. The maximum atomic E-state index is 12.8. The van der Waals surface area contributed by atoms with Crippen LogP contribution in [0.15, 0.2) is 6.07 Å². The van der Waals surface area contributed by atoms with Crippen LogP contribution in [0.4, 0.5) is 0 Å². The Kier molecular flexibility index (Phi) is 6.19. The number of ether oxygens (including phenoxy) is 2. The first-order valence-electron chi connectivity index (χ1n) is 10.6. The maximum absolute atomic E-state index is 12.8. The molecule has 4 heterocycles. The van der Waals surface area contributed by atoms with Crippen molar-refractivity contribution in [2.45, 2.75) is 52.5 Å². The number of aryl methyl sites for hydroxylation is 3. The van der Waals surface area contributed by atoms with Crippen LogP contribution in [0.5, 0.6) is 0 Å². The Morgan fingerprint density at radius 1 is 1.40 bits per heavy atom. The fraction of sp³-hybridized carbons (Fsp3) is 0.619. The zero-order valence-electron chi connectivity index (χ0n) is 17.5. The number of hydrogen-bond donors (Lipinski definition) is 1. The van der Waals surface area contributed by atoms with Gasteiger partial charge in [0.25, 0.3) is 5.91 Å². The SMILES string of the molecule is CCc1nn(CCCOC(=O)c2cc(C)ns2)c2c1C(=O)NCC1(CCOCC1)C2. The van der Waals surface area contributed by atoms with Gasteiger partial charge in [0, 0.05) is 32.7 Å². The minimum atomic E-state index is -0.338. The van der Waals surface area contributed by atoms with Crippen molar-refractivity contribution in [2.24, 2.45) is 5.41 Å². The van der Waals surface area contributed by atoms with Crippen molar-refractivity contribution in [2.75, 3.05) is 26.4 Å². The highest BCUT2D eigenvalue weighted by atomic mass is 32.1. The summed E-state index contributed by atoms with van der Waals surface area (Å²) in [6.07, 6.45) is 4.03. The topological polar surface area (TPSA) is 95.3 Å². The van der Waals surface area contributed by atoms with E-state index in [1.54, 1.807) is 6.07 Å². The Balaban J connectivity index is 1.46. The highest BCUT2D eigenvalue weighted by Gasteiger charge is 2.39. The summed E-state index contributed by atoms with van der Waals surface area (Å²) >= 11 is 1.16. The van der Waals surface area contributed by atoms with Crippen LogP contribution in [0.2, 0.25) is 0 Å². The van der Waals surface area contributed by atoms with Crippen LogP contribution in [-0.4, -0.2) is 52.4 Å². The Bertz CT molecular complexity index is 930. The largest absolute Gasteiger partial charge is 0.461 e. The van der Waals surface area contributed by atoms with E-state index in [-0.39, 0.29) is 17.3 Å². The fourth-order valence-corrected chi connectivity index (χ4v) is 4.92. The van der Waals surface area contributed by atoms with Gasteiger partial charge in [-0.1, -0.05) is 6.92 Å². The third kappa shape index (κ3) is 4.27. The smallest absolute Gasteiger partial charge is 0.349 e. The van der Waals surface area contributed by atoms with Gasteiger partial charge in [-0.2, -0.15) is 9.47 Å². The third-order valence-corrected chi connectivity index (χ3v) is 6.85. The minimum absolute atomic E-state index is 0.0246. The Morgan fingerprint density at radius 3 is 2.90 bits per heavy atom. The first kappa shape index (κ1) is 21.0. The van der Waals surface area contributed by atoms with Crippen molar-refractivity contribution in [3.63, 3.8) is 0 Å². The number of esters is 1. The zero-order valence-corrected chi connectivity index (χ0v) is 18.3. The van der Waals surface area contributed by atoms with Gasteiger partial charge < -0.3 is 14.8 Å². The molecule has 1 spiro atoms. The Morgan fingerprint density at radius 2 is 2.20 bits per heavy atom. The van der Waals surface area contributed by atoms with Crippen molar-refractivity contribution >= 4 is 23.4 Å². The quantitative estimate of drug-likeness (QED) is 0.557. The number of carbonyl (C=O) groups is 2. The molecule has 0 aliphatic carbocycles. The first-order valence-corrected chi connectivity index (χ1v) is 11.3. The number of carbonyl (C=O) groups excluding carboxylic acids is 2. The van der Waals surface area contributed by atoms with Crippen molar-refractivity contribution in [1.29, 1.82) is 0 Å². The van der Waals surface area contributed by atoms with E-state index < -0.39 is 0 Å². The predicted molar refractivity (Wildman–Crippen MR) is 112 cm³/mol. The van der Waals surface area contributed by atoms with Gasteiger partial charge in [-0.15, -0.1) is 0 Å². The number of nitrogens with zero attached hydrogens (tertiary/aromatic N) is 3. The summed E-state index contributed by atoms with van der Waals surface area (Å²) in [5, 5.41) is 7.86. The summed E-state index contributed by atoms with van der Waals surface area (Å²) in [6, 6.07) is 1.74. The summed E-state index contributed by atoms with van der Waals surface area (Å²) in [6.45, 7) is 6.92. The van der Waals surface area contributed by atoms with Gasteiger partial charge in [0.2, 0.25) is 0 Å². The number of rotatable bonds is 6. The lowest BCUT2D eigenvalue weighted by Gasteiger charge is -2.36. The molecule has 2 aliphatic heterocycles. The molecule has 30 heavy (non-hydrogen) atoms. The summed E-state index contributed by atoms with van der Waals surface area (Å²) < 4.78 is 17.0. The van der Waals surface area contributed by atoms with Crippen LogP contribution >= 0.6 is 11.5 Å². The molecule has 2 aliphatic rings. The monoisotopic (exact) mass is 432 g/mol. The molecular weight excluding hydrogens is 404 g/mol. The van der Waals surface area contributed by atoms with E-state index >= 15 is 0 Å². The highest BCUT2D eigenvalue weighted by molar-refractivity contribution is 7.08. The van der Waals surface area contributed by atoms with Gasteiger partial charge >= 0.3 is 5.97 Å². The summed E-state index contributed by atoms with van der Waals surface area (Å²) in [7, 11) is 0. The lowest BCUT2D eigenvalue weighted by molar-refractivity contribution is 0.0152. The Labute approximate surface area is 180 Å². The average molecular weight is 433 g/mol. The average Bonchev–Trinajstić information content (AvgIpc) is 3.30. The van der Waals surface area contributed by atoms with E-state index in [0.29, 0.717) is 37.4 Å². The summed E-state index contributed by atoms with van der Waals surface area (Å²) in [5.74, 6) is -0.363. The van der Waals surface area contributed by atoms with Gasteiger partial charge in [0.15, 0.2) is 0 Å². The second-order valence-corrected chi connectivity index (χ2v) is 8.94. The van der Waals surface area contributed by atoms with Crippen LogP contribution in [0.3, 0.4) is 0 Å². The van der Waals surface area contributed by atoms with E-state index in [1.807, 2.05) is 18.5 Å². The van der Waals surface area contributed by atoms with Crippen LogP contribution in [0.1, 0.15) is 63.3 Å². The third-order valence-electron chi connectivity index (χ3n) is 5.99. The van der Waals surface area contributed by atoms with Gasteiger partial charge in [-0.3, -0.25) is 9.48 Å². The number of hydrogen-bond acceptors (Lipinski definition) is 7. The summed E-state index contributed by atoms with van der Waals surface area (Å²) in [4.78, 5) is 25.5. The summed E-state index contributed by atoms with van der Waals surface area (Å²) in [5.41, 5.74) is 3.42. The molecule has 0 atom stereocenters. The molecule has 1 saturated heterocycles. The molecule has 1 fully saturated rings. The molecule has 1 amide bonds. The van der Waals surface area contributed by atoms with E-state index in [1.165, 1.54) is 0 Å². The molecular formula is C21H28N4O4S. The number of nitrogens with one attached hydrogen (secondary N) is 1. The molecule has 8 nitrogen and oxygen atoms in total. The molecule has 4 rings (SSSR count). The second kappa shape index (κ2) is 8.85. The van der Waals surface area contributed by atoms with Gasteiger partial charge in [0.05, 0.1) is 29.3 Å². The maximum Gasteiger partial charge on any atom is 0.349 e. The van der Waals surface area contributed by atoms with Crippen LogP contribution in [-0.2, 0) is 28.9 Å². The fourth-order valence-electron chi connectivity index (χ4n) is 4.27. The molecule has 1 N–H and O–H groups in total. The normalized spacial score (nSPS) is 18.0. The molecule has 0 bridgehead atoms. The van der Waals surface area contributed by atoms with E-state index in [2.05, 4.69) is 9.69 Å². The molecule has 2 aromatic heterocycles. The van der Waals surface area contributed by atoms with E-state index in [9.17, 15) is 9.59 Å². The van der Waals surface area contributed by atoms with Gasteiger partial charge in [-0.05, 0) is 55.6 Å². The van der Waals surface area contributed by atoms with Gasteiger partial charge in [0.1, 0.15) is 4.88 Å². The van der Waals surface area contributed by atoms with E-state index in [0.717, 1.165) is 66.7 Å². The van der Waals surface area contributed by atoms with Crippen LogP contribution in [0, 0.1) is 12.3 Å². The van der Waals surface area contributed by atoms with Crippen molar-refractivity contribution in [1.82, 2.24) is 19.5 Å². The second-order valence-electron chi connectivity index (χ2n) is 8.14. The number of fused-ring (bicyclic) bond motifs is 1. The molecule has 2 aromatic rings. The molecule has 0 unspecified atom stereocenters. The lowest BCUT2D eigenvalue weighted by atomic mass is 9.76.